The van der Waals surface area contributed by atoms with Crippen LogP contribution in [0.1, 0.15) is 34.1 Å². The Balaban J connectivity index is 1.66. The molecule has 3 rings (SSSR count). The van der Waals surface area contributed by atoms with Crippen molar-refractivity contribution in [3.8, 4) is 5.75 Å². The van der Waals surface area contributed by atoms with Crippen LogP contribution in [-0.2, 0) is 0 Å². The van der Waals surface area contributed by atoms with Gasteiger partial charge in [-0.25, -0.2) is 0 Å². The number of anilines is 2. The third-order valence-corrected chi connectivity index (χ3v) is 5.27. The lowest BCUT2D eigenvalue weighted by Gasteiger charge is -2.14. The molecule has 3 aromatic carbocycles. The van der Waals surface area contributed by atoms with E-state index in [0.717, 1.165) is 10.9 Å². The van der Waals surface area contributed by atoms with Gasteiger partial charge in [-0.15, -0.1) is 0 Å². The fraction of sp³-hybridized carbons (Fsp3) is 0.125. The minimum atomic E-state index is -0.408. The second kappa shape index (κ2) is 11.8. The second-order valence-electron chi connectivity index (χ2n) is 6.94. The molecule has 0 radical (unpaired) electrons. The van der Waals surface area contributed by atoms with E-state index in [9.17, 15) is 9.59 Å². The molecule has 0 spiro atoms. The van der Waals surface area contributed by atoms with Gasteiger partial charge >= 0.3 is 0 Å². The van der Waals surface area contributed by atoms with Gasteiger partial charge in [-0.3, -0.25) is 14.9 Å². The first-order chi connectivity index (χ1) is 15.9. The zero-order valence-corrected chi connectivity index (χ0v) is 20.8. The molecule has 3 aromatic rings. The van der Waals surface area contributed by atoms with Crippen LogP contribution in [0.25, 0.3) is 0 Å². The Morgan fingerprint density at radius 2 is 1.70 bits per heavy atom. The van der Waals surface area contributed by atoms with Gasteiger partial charge in [-0.1, -0.05) is 46.6 Å². The van der Waals surface area contributed by atoms with Crippen molar-refractivity contribution in [3.63, 3.8) is 0 Å². The Morgan fingerprint density at radius 3 is 2.42 bits per heavy atom. The van der Waals surface area contributed by atoms with E-state index < -0.39 is 5.91 Å². The molecule has 0 fully saturated rings. The fourth-order valence-corrected chi connectivity index (χ4v) is 3.62. The van der Waals surface area contributed by atoms with E-state index in [4.69, 9.17) is 28.6 Å². The molecule has 0 bridgehead atoms. The highest BCUT2D eigenvalue weighted by Crippen LogP contribution is 2.24. The van der Waals surface area contributed by atoms with Crippen molar-refractivity contribution in [3.05, 3.63) is 87.4 Å². The molecule has 3 N–H and O–H groups in total. The normalized spacial score (nSPS) is 10.3. The third-order valence-electron chi connectivity index (χ3n) is 4.34. The van der Waals surface area contributed by atoms with E-state index in [2.05, 4.69) is 31.9 Å². The smallest absolute Gasteiger partial charge is 0.261 e. The van der Waals surface area contributed by atoms with Crippen LogP contribution in [0.4, 0.5) is 11.4 Å². The first kappa shape index (κ1) is 24.7. The Kier molecular flexibility index (Phi) is 8.82. The lowest BCUT2D eigenvalue weighted by molar-refractivity contribution is 0.0972. The van der Waals surface area contributed by atoms with Crippen molar-refractivity contribution in [2.24, 2.45) is 0 Å². The molecular formula is C24H21BrClN3O3S. The number of hydrogen-bond acceptors (Lipinski definition) is 4. The Labute approximate surface area is 210 Å². The number of ether oxygens (including phenoxy) is 1. The molecule has 6 nitrogen and oxygen atoms in total. The zero-order valence-electron chi connectivity index (χ0n) is 17.7. The summed E-state index contributed by atoms with van der Waals surface area (Å²) in [6, 6.07) is 18.8. The number of amides is 2. The van der Waals surface area contributed by atoms with Gasteiger partial charge in [-0.05, 0) is 73.2 Å². The second-order valence-corrected chi connectivity index (χ2v) is 8.70. The maximum absolute atomic E-state index is 12.8. The lowest BCUT2D eigenvalue weighted by Crippen LogP contribution is -2.34. The van der Waals surface area contributed by atoms with Gasteiger partial charge in [0.25, 0.3) is 11.8 Å². The van der Waals surface area contributed by atoms with Gasteiger partial charge in [0.15, 0.2) is 5.11 Å². The Bertz CT molecular complexity index is 1190. The Hall–Kier alpha value is -2.94. The van der Waals surface area contributed by atoms with Crippen LogP contribution in [0.2, 0.25) is 5.02 Å². The number of thiocarbonyl (C=S) groups is 1. The van der Waals surface area contributed by atoms with Crippen molar-refractivity contribution in [2.45, 2.75) is 13.3 Å². The molecule has 0 aromatic heterocycles. The maximum Gasteiger partial charge on any atom is 0.261 e. The fourth-order valence-electron chi connectivity index (χ4n) is 2.86. The number of nitrogens with one attached hydrogen (secondary N) is 3. The molecule has 0 saturated carbocycles. The van der Waals surface area contributed by atoms with Crippen molar-refractivity contribution < 1.29 is 14.3 Å². The van der Waals surface area contributed by atoms with Gasteiger partial charge in [0.05, 0.1) is 12.2 Å². The van der Waals surface area contributed by atoms with Crippen LogP contribution < -0.4 is 20.7 Å². The van der Waals surface area contributed by atoms with E-state index in [-0.39, 0.29) is 11.0 Å². The first-order valence-electron chi connectivity index (χ1n) is 10.1. The summed E-state index contributed by atoms with van der Waals surface area (Å²) in [4.78, 5) is 25.4. The predicted octanol–water partition coefficient (Wildman–Crippen LogP) is 6.27. The van der Waals surface area contributed by atoms with Crippen molar-refractivity contribution in [1.82, 2.24) is 5.32 Å². The molecule has 2 amide bonds. The quantitative estimate of drug-likeness (QED) is 0.304. The van der Waals surface area contributed by atoms with Gasteiger partial charge in [0.2, 0.25) is 0 Å². The SMILES string of the molecule is CCCOc1ccc(Br)cc1C(=O)NC(=S)Nc1cccc(C(=O)Nc2cccc(Cl)c2)c1. The summed E-state index contributed by atoms with van der Waals surface area (Å²) >= 11 is 14.6. The summed E-state index contributed by atoms with van der Waals surface area (Å²) in [6.07, 6.45) is 0.818. The van der Waals surface area contributed by atoms with E-state index in [1.165, 1.54) is 0 Å². The van der Waals surface area contributed by atoms with Gasteiger partial charge in [0.1, 0.15) is 5.75 Å². The molecule has 0 aliphatic carbocycles. The number of carbonyl (C=O) groups is 2. The summed E-state index contributed by atoms with van der Waals surface area (Å²) < 4.78 is 6.41. The monoisotopic (exact) mass is 545 g/mol. The number of rotatable bonds is 7. The molecule has 0 saturated heterocycles. The lowest BCUT2D eigenvalue weighted by atomic mass is 10.1. The molecule has 0 aliphatic heterocycles. The molecular weight excluding hydrogens is 526 g/mol. The minimum absolute atomic E-state index is 0.0915. The van der Waals surface area contributed by atoms with Gasteiger partial charge in [0, 0.05) is 26.4 Å². The summed E-state index contributed by atoms with van der Waals surface area (Å²) in [7, 11) is 0. The molecule has 0 unspecified atom stereocenters. The zero-order chi connectivity index (χ0) is 23.8. The van der Waals surface area contributed by atoms with E-state index in [1.54, 1.807) is 66.7 Å². The van der Waals surface area contributed by atoms with Crippen LogP contribution in [0, 0.1) is 0 Å². The molecule has 9 heteroatoms. The van der Waals surface area contributed by atoms with E-state index in [1.807, 2.05) is 6.92 Å². The van der Waals surface area contributed by atoms with Crippen LogP contribution in [0.5, 0.6) is 5.75 Å². The highest BCUT2D eigenvalue weighted by molar-refractivity contribution is 9.10. The first-order valence-corrected chi connectivity index (χ1v) is 11.7. The number of benzene rings is 3. The topological polar surface area (TPSA) is 79.5 Å². The van der Waals surface area contributed by atoms with Crippen LogP contribution in [0.3, 0.4) is 0 Å². The highest BCUT2D eigenvalue weighted by Gasteiger charge is 2.15. The van der Waals surface area contributed by atoms with E-state index >= 15 is 0 Å². The Morgan fingerprint density at radius 1 is 0.970 bits per heavy atom. The average molecular weight is 547 g/mol. The largest absolute Gasteiger partial charge is 0.493 e. The van der Waals surface area contributed by atoms with Crippen molar-refractivity contribution in [1.29, 1.82) is 0 Å². The summed E-state index contributed by atoms with van der Waals surface area (Å²) in [5, 5.41) is 8.99. The van der Waals surface area contributed by atoms with Crippen LogP contribution in [0.15, 0.2) is 71.2 Å². The maximum atomic E-state index is 12.8. The highest BCUT2D eigenvalue weighted by atomic mass is 79.9. The number of halogens is 2. The predicted molar refractivity (Wildman–Crippen MR) is 139 cm³/mol. The minimum Gasteiger partial charge on any atom is -0.493 e. The van der Waals surface area contributed by atoms with Crippen LogP contribution >= 0.6 is 39.7 Å². The third kappa shape index (κ3) is 7.28. The average Bonchev–Trinajstić information content (AvgIpc) is 2.78. The molecule has 0 aliphatic rings. The van der Waals surface area contributed by atoms with E-state index in [0.29, 0.717) is 39.9 Å². The number of carbonyl (C=O) groups excluding carboxylic acids is 2. The number of hydrogen-bond donors (Lipinski definition) is 3. The van der Waals surface area contributed by atoms with Crippen LogP contribution in [-0.4, -0.2) is 23.5 Å². The standard InChI is InChI=1S/C24H21BrClN3O3S/c1-2-11-32-21-10-9-16(25)13-20(21)23(31)29-24(33)28-18-7-3-5-15(12-18)22(30)27-19-8-4-6-17(26)14-19/h3-10,12-14H,2,11H2,1H3,(H,27,30)(H2,28,29,31,33). The van der Waals surface area contributed by atoms with Crippen molar-refractivity contribution in [2.75, 3.05) is 17.2 Å². The molecule has 0 atom stereocenters. The van der Waals surface area contributed by atoms with Crippen molar-refractivity contribution >= 4 is 68.1 Å². The summed E-state index contributed by atoms with van der Waals surface area (Å²) in [6.45, 7) is 2.48. The summed E-state index contributed by atoms with van der Waals surface area (Å²) in [5.74, 6) is -0.238. The van der Waals surface area contributed by atoms with Gasteiger partial charge < -0.3 is 15.4 Å². The summed E-state index contributed by atoms with van der Waals surface area (Å²) in [5.41, 5.74) is 1.91. The van der Waals surface area contributed by atoms with Gasteiger partial charge in [-0.2, -0.15) is 0 Å². The molecule has 33 heavy (non-hydrogen) atoms. The molecule has 170 valence electrons. The molecule has 0 heterocycles.